The van der Waals surface area contributed by atoms with Crippen molar-refractivity contribution < 1.29 is 0 Å². The van der Waals surface area contributed by atoms with Crippen LogP contribution < -0.4 is 0 Å². The third kappa shape index (κ3) is 3.41. The van der Waals surface area contributed by atoms with Crippen molar-refractivity contribution in [3.05, 3.63) is 37.5 Å². The van der Waals surface area contributed by atoms with Crippen LogP contribution in [-0.2, 0) is 0 Å². The maximum atomic E-state index is 3.00. The minimum Gasteiger partial charge on any atom is -0.106 e. The molecule has 0 saturated carbocycles. The number of allylic oxidation sites excluding steroid dienone is 4. The summed E-state index contributed by atoms with van der Waals surface area (Å²) in [5.74, 6) is 0. The molecule has 0 bridgehead atoms. The highest BCUT2D eigenvalue weighted by Gasteiger charge is 1.77. The van der Waals surface area contributed by atoms with Gasteiger partial charge in [0.1, 0.15) is 0 Å². The normalized spacial score (nSPS) is 14.5. The predicted molar refractivity (Wildman–Crippen MR) is 38.8 cm³/mol. The first-order chi connectivity index (χ1) is 4.00. The average Bonchev–Trinajstić information content (AvgIpc) is 1.96. The summed E-state index contributed by atoms with van der Waals surface area (Å²) < 4.78 is 0. The highest BCUT2D eigenvalue weighted by molar-refractivity contribution is 5.07. The third-order valence-electron chi connectivity index (χ3n) is 0.883. The summed E-state index contributed by atoms with van der Waals surface area (Å²) in [5, 5.41) is 0. The van der Waals surface area contributed by atoms with Gasteiger partial charge in [0, 0.05) is 0 Å². The van der Waals surface area contributed by atoms with Crippen LogP contribution in [0.25, 0.3) is 0 Å². The molecule has 0 unspecified atom stereocenters. The zero-order chi connectivity index (χ0) is 6.24. The van der Waals surface area contributed by atoms with Crippen LogP contribution in [-0.4, -0.2) is 0 Å². The summed E-state index contributed by atoms with van der Waals surface area (Å²) in [5.41, 5.74) is 0. The van der Waals surface area contributed by atoms with Crippen molar-refractivity contribution in [1.82, 2.24) is 0 Å². The molecule has 0 aromatic heterocycles. The lowest BCUT2D eigenvalue weighted by molar-refractivity contribution is 1.04. The monoisotopic (exact) mass is 108 g/mol. The Morgan fingerprint density at radius 3 is 1.38 bits per heavy atom. The van der Waals surface area contributed by atoms with Gasteiger partial charge in [-0.15, -0.1) is 13.2 Å². The molecule has 1 aliphatic carbocycles. The molecule has 0 amide bonds. The van der Waals surface area contributed by atoms with Crippen LogP contribution >= 0.6 is 0 Å². The van der Waals surface area contributed by atoms with E-state index in [1.54, 1.807) is 0 Å². The molecular weight excluding hydrogens is 96.1 g/mol. The van der Waals surface area contributed by atoms with E-state index in [1.807, 2.05) is 0 Å². The lowest BCUT2D eigenvalue weighted by Gasteiger charge is -1.88. The van der Waals surface area contributed by atoms with Gasteiger partial charge in [-0.1, -0.05) is 24.3 Å². The smallest absolute Gasteiger partial charge is 0.0313 e. The fourth-order valence-corrected chi connectivity index (χ4v) is 0.542. The maximum Gasteiger partial charge on any atom is -0.0313 e. The van der Waals surface area contributed by atoms with Crippen LogP contribution in [0.1, 0.15) is 12.8 Å². The highest BCUT2D eigenvalue weighted by atomic mass is 13.8. The van der Waals surface area contributed by atoms with Crippen LogP contribution in [0.5, 0.6) is 0 Å². The lowest BCUT2D eigenvalue weighted by atomic mass is 10.2. The molecule has 0 spiro atoms. The molecule has 0 aliphatic heterocycles. The van der Waals surface area contributed by atoms with Crippen molar-refractivity contribution in [3.63, 3.8) is 0 Å². The summed E-state index contributed by atoms with van der Waals surface area (Å²) >= 11 is 0. The van der Waals surface area contributed by atoms with Gasteiger partial charge in [0.15, 0.2) is 0 Å². The molecule has 0 aromatic carbocycles. The van der Waals surface area contributed by atoms with Crippen LogP contribution in [0, 0.1) is 0 Å². The van der Waals surface area contributed by atoms with E-state index < -0.39 is 0 Å². The van der Waals surface area contributed by atoms with Gasteiger partial charge in [0.05, 0.1) is 0 Å². The quantitative estimate of drug-likeness (QED) is 0.418. The van der Waals surface area contributed by atoms with Crippen molar-refractivity contribution in [2.45, 2.75) is 12.8 Å². The topological polar surface area (TPSA) is 0 Å². The number of rotatable bonds is 0. The van der Waals surface area contributed by atoms with Gasteiger partial charge in [-0.05, 0) is 12.8 Å². The Hall–Kier alpha value is -0.780. The van der Waals surface area contributed by atoms with Crippen LogP contribution in [0.4, 0.5) is 0 Å². The summed E-state index contributed by atoms with van der Waals surface area (Å²) in [6.07, 6.45) is 11.0. The summed E-state index contributed by atoms with van der Waals surface area (Å²) in [7, 11) is 0. The van der Waals surface area contributed by atoms with E-state index in [0.29, 0.717) is 0 Å². The predicted octanol–water partition coefficient (Wildman–Crippen LogP) is 2.69. The molecule has 44 valence electrons. The maximum absolute atomic E-state index is 3.00. The van der Waals surface area contributed by atoms with Crippen molar-refractivity contribution in [3.8, 4) is 0 Å². The van der Waals surface area contributed by atoms with Gasteiger partial charge in [0.2, 0.25) is 0 Å². The van der Waals surface area contributed by atoms with Gasteiger partial charge in [-0.2, -0.15) is 0 Å². The first-order valence-electron chi connectivity index (χ1n) is 2.82. The molecule has 1 aliphatic rings. The Kier molecular flexibility index (Phi) is 5.61. The van der Waals surface area contributed by atoms with Gasteiger partial charge >= 0.3 is 0 Å². The Morgan fingerprint density at radius 1 is 0.875 bits per heavy atom. The average molecular weight is 108 g/mol. The van der Waals surface area contributed by atoms with E-state index in [2.05, 4.69) is 37.5 Å². The zero-order valence-electron chi connectivity index (χ0n) is 5.14. The standard InChI is InChI=1S/C6H8.C2H4/c1-2-4-6-5-3-1;1-2/h1-4H,5-6H2;1-2H2. The fourth-order valence-electron chi connectivity index (χ4n) is 0.542. The first-order valence-corrected chi connectivity index (χ1v) is 2.82. The minimum absolute atomic E-state index is 1.23. The van der Waals surface area contributed by atoms with Crippen molar-refractivity contribution in [2.75, 3.05) is 0 Å². The molecule has 0 fully saturated rings. The minimum atomic E-state index is 1.23. The van der Waals surface area contributed by atoms with E-state index in [9.17, 15) is 0 Å². The van der Waals surface area contributed by atoms with E-state index in [1.165, 1.54) is 12.8 Å². The second-order valence-corrected chi connectivity index (χ2v) is 1.43. The third-order valence-corrected chi connectivity index (χ3v) is 0.883. The molecule has 1 rings (SSSR count). The Bertz CT molecular complexity index is 76.2. The highest BCUT2D eigenvalue weighted by Crippen LogP contribution is 1.98. The van der Waals surface area contributed by atoms with E-state index >= 15 is 0 Å². The number of hydrogen-bond acceptors (Lipinski definition) is 0. The molecule has 0 N–H and O–H groups in total. The molecule has 0 atom stereocenters. The molecule has 0 radical (unpaired) electrons. The lowest BCUT2D eigenvalue weighted by Crippen LogP contribution is -1.67. The van der Waals surface area contributed by atoms with Gasteiger partial charge in [-0.3, -0.25) is 0 Å². The largest absolute Gasteiger partial charge is 0.106 e. The van der Waals surface area contributed by atoms with Gasteiger partial charge in [0.25, 0.3) is 0 Å². The zero-order valence-corrected chi connectivity index (χ0v) is 5.14. The summed E-state index contributed by atoms with van der Waals surface area (Å²) in [4.78, 5) is 0. The van der Waals surface area contributed by atoms with Crippen molar-refractivity contribution in [1.29, 1.82) is 0 Å². The molecule has 0 nitrogen and oxygen atoms in total. The molecule has 0 aromatic rings. The first kappa shape index (κ1) is 7.22. The molecule has 8 heavy (non-hydrogen) atoms. The molecular formula is C8H12. The van der Waals surface area contributed by atoms with Gasteiger partial charge in [-0.25, -0.2) is 0 Å². The molecule has 0 heterocycles. The summed E-state index contributed by atoms with van der Waals surface area (Å²) in [6.45, 7) is 6.00. The summed E-state index contributed by atoms with van der Waals surface area (Å²) in [6, 6.07) is 0. The van der Waals surface area contributed by atoms with Crippen molar-refractivity contribution >= 4 is 0 Å². The second-order valence-electron chi connectivity index (χ2n) is 1.43. The van der Waals surface area contributed by atoms with Gasteiger partial charge < -0.3 is 0 Å². The van der Waals surface area contributed by atoms with E-state index in [-0.39, 0.29) is 0 Å². The molecule has 0 saturated heterocycles. The van der Waals surface area contributed by atoms with Crippen LogP contribution in [0.2, 0.25) is 0 Å². The second kappa shape index (κ2) is 6.22. The van der Waals surface area contributed by atoms with Crippen LogP contribution in [0.15, 0.2) is 37.5 Å². The SMILES string of the molecule is C1=CCCC=C1.C=C. The van der Waals surface area contributed by atoms with Crippen LogP contribution in [0.3, 0.4) is 0 Å². The Balaban J connectivity index is 0.000000222. The number of hydrogen-bond donors (Lipinski definition) is 0. The Labute approximate surface area is 51.2 Å². The molecule has 0 heteroatoms. The van der Waals surface area contributed by atoms with E-state index in [4.69, 9.17) is 0 Å². The van der Waals surface area contributed by atoms with Crippen molar-refractivity contribution in [2.24, 2.45) is 0 Å². The van der Waals surface area contributed by atoms with E-state index in [0.717, 1.165) is 0 Å². The Morgan fingerprint density at radius 2 is 1.25 bits per heavy atom. The fraction of sp³-hybridized carbons (Fsp3) is 0.250.